The van der Waals surface area contributed by atoms with Crippen LogP contribution in [-0.2, 0) is 0 Å². The van der Waals surface area contributed by atoms with Gasteiger partial charge in [-0.25, -0.2) is 14.1 Å². The van der Waals surface area contributed by atoms with Gasteiger partial charge in [0.15, 0.2) is 5.82 Å². The standard InChI is InChI=1S/C24H19Br2FN4O/c1-14(2)20-13-17(26)7-12-21(20)28-24(32)22-29-23(15-3-8-18(27)9-4-15)31(30-22)19-10-5-16(25)6-11-19/h3-14H,1-2H3,(H,28,32). The molecular weight excluding hydrogens is 539 g/mol. The van der Waals surface area contributed by atoms with E-state index in [-0.39, 0.29) is 17.6 Å². The van der Waals surface area contributed by atoms with Crippen LogP contribution < -0.4 is 5.32 Å². The van der Waals surface area contributed by atoms with Crippen LogP contribution in [0.2, 0.25) is 0 Å². The molecule has 1 heterocycles. The molecule has 0 radical (unpaired) electrons. The largest absolute Gasteiger partial charge is 0.319 e. The van der Waals surface area contributed by atoms with E-state index < -0.39 is 5.91 Å². The molecule has 0 atom stereocenters. The summed E-state index contributed by atoms with van der Waals surface area (Å²) in [6.07, 6.45) is 0. The number of rotatable bonds is 5. The summed E-state index contributed by atoms with van der Waals surface area (Å²) < 4.78 is 16.9. The summed E-state index contributed by atoms with van der Waals surface area (Å²) in [7, 11) is 0. The van der Waals surface area contributed by atoms with E-state index in [9.17, 15) is 9.18 Å². The van der Waals surface area contributed by atoms with E-state index in [1.54, 1.807) is 16.8 Å². The molecule has 0 unspecified atom stereocenters. The van der Waals surface area contributed by atoms with Gasteiger partial charge in [-0.15, -0.1) is 5.10 Å². The number of nitrogens with one attached hydrogen (secondary N) is 1. The minimum atomic E-state index is -0.423. The molecule has 1 N–H and O–H groups in total. The van der Waals surface area contributed by atoms with Crippen molar-refractivity contribution in [2.24, 2.45) is 0 Å². The van der Waals surface area contributed by atoms with Crippen molar-refractivity contribution < 1.29 is 9.18 Å². The molecule has 0 aliphatic rings. The highest BCUT2D eigenvalue weighted by atomic mass is 79.9. The Bertz CT molecular complexity index is 1210. The number of hydrogen-bond donors (Lipinski definition) is 1. The van der Waals surface area contributed by atoms with Crippen molar-refractivity contribution in [3.63, 3.8) is 0 Å². The number of aromatic nitrogens is 3. The van der Waals surface area contributed by atoms with Gasteiger partial charge in [0.25, 0.3) is 5.91 Å². The average Bonchev–Trinajstić information content (AvgIpc) is 3.21. The molecule has 0 aliphatic carbocycles. The molecular formula is C24H19Br2FN4O. The summed E-state index contributed by atoms with van der Waals surface area (Å²) in [5.74, 6) is -0.0978. The lowest BCUT2D eigenvalue weighted by Crippen LogP contribution is -2.16. The van der Waals surface area contributed by atoms with Crippen molar-refractivity contribution in [3.8, 4) is 17.1 Å². The molecule has 162 valence electrons. The van der Waals surface area contributed by atoms with Crippen molar-refractivity contribution in [2.45, 2.75) is 19.8 Å². The number of carbonyl (C=O) groups excluding carboxylic acids is 1. The second-order valence-electron chi connectivity index (χ2n) is 7.49. The maximum atomic E-state index is 13.5. The molecule has 1 amide bonds. The summed E-state index contributed by atoms with van der Waals surface area (Å²) in [6, 6.07) is 19.1. The molecule has 4 rings (SSSR count). The van der Waals surface area contributed by atoms with Gasteiger partial charge in [-0.1, -0.05) is 45.7 Å². The van der Waals surface area contributed by atoms with Crippen molar-refractivity contribution in [1.29, 1.82) is 0 Å². The fourth-order valence-electron chi connectivity index (χ4n) is 3.26. The number of anilines is 1. The van der Waals surface area contributed by atoms with Gasteiger partial charge in [-0.2, -0.15) is 0 Å². The van der Waals surface area contributed by atoms with Crippen molar-refractivity contribution in [3.05, 3.63) is 92.9 Å². The zero-order chi connectivity index (χ0) is 22.8. The number of amides is 1. The number of benzene rings is 3. The van der Waals surface area contributed by atoms with Gasteiger partial charge in [0, 0.05) is 20.2 Å². The van der Waals surface area contributed by atoms with Crippen LogP contribution in [0.1, 0.15) is 35.9 Å². The van der Waals surface area contributed by atoms with Crippen molar-refractivity contribution in [1.82, 2.24) is 14.8 Å². The van der Waals surface area contributed by atoms with E-state index in [0.29, 0.717) is 17.1 Å². The Balaban J connectivity index is 1.75. The lowest BCUT2D eigenvalue weighted by molar-refractivity contribution is 0.101. The molecule has 3 aromatic carbocycles. The first-order valence-corrected chi connectivity index (χ1v) is 11.5. The number of halogens is 3. The van der Waals surface area contributed by atoms with Crippen LogP contribution in [0, 0.1) is 5.82 Å². The molecule has 4 aromatic rings. The Morgan fingerprint density at radius 1 is 0.969 bits per heavy atom. The van der Waals surface area contributed by atoms with Crippen LogP contribution in [0.5, 0.6) is 0 Å². The lowest BCUT2D eigenvalue weighted by Gasteiger charge is -2.13. The lowest BCUT2D eigenvalue weighted by atomic mass is 10.0. The Labute approximate surface area is 202 Å². The predicted octanol–water partition coefficient (Wildman–Crippen LogP) is 6.97. The Kier molecular flexibility index (Phi) is 6.53. The van der Waals surface area contributed by atoms with E-state index in [1.165, 1.54) is 12.1 Å². The van der Waals surface area contributed by atoms with Gasteiger partial charge in [0.05, 0.1) is 5.69 Å². The minimum absolute atomic E-state index is 0.0184. The highest BCUT2D eigenvalue weighted by Gasteiger charge is 2.20. The molecule has 5 nitrogen and oxygen atoms in total. The topological polar surface area (TPSA) is 59.8 Å². The second kappa shape index (κ2) is 9.34. The maximum Gasteiger partial charge on any atom is 0.295 e. The monoisotopic (exact) mass is 556 g/mol. The quantitative estimate of drug-likeness (QED) is 0.288. The van der Waals surface area contributed by atoms with Gasteiger partial charge in [-0.05, 0) is 78.2 Å². The van der Waals surface area contributed by atoms with Gasteiger partial charge in [0.2, 0.25) is 5.82 Å². The maximum absolute atomic E-state index is 13.5. The third-order valence-corrected chi connectivity index (χ3v) is 5.89. The van der Waals surface area contributed by atoms with Crippen LogP contribution in [0.25, 0.3) is 17.1 Å². The van der Waals surface area contributed by atoms with Crippen LogP contribution in [0.15, 0.2) is 75.7 Å². The summed E-state index contributed by atoms with van der Waals surface area (Å²) in [5.41, 5.74) is 3.08. The van der Waals surface area contributed by atoms with Crippen molar-refractivity contribution >= 4 is 43.5 Å². The summed E-state index contributed by atoms with van der Waals surface area (Å²) in [5, 5.41) is 7.40. The first-order valence-electron chi connectivity index (χ1n) is 9.91. The molecule has 0 saturated heterocycles. The van der Waals surface area contributed by atoms with Crippen LogP contribution in [-0.4, -0.2) is 20.7 Å². The molecule has 8 heteroatoms. The molecule has 32 heavy (non-hydrogen) atoms. The number of hydrogen-bond acceptors (Lipinski definition) is 3. The average molecular weight is 558 g/mol. The molecule has 1 aromatic heterocycles. The zero-order valence-corrected chi connectivity index (χ0v) is 20.5. The van der Waals surface area contributed by atoms with Crippen LogP contribution in [0.4, 0.5) is 10.1 Å². The Morgan fingerprint density at radius 3 is 2.28 bits per heavy atom. The second-order valence-corrected chi connectivity index (χ2v) is 9.33. The van der Waals surface area contributed by atoms with Gasteiger partial charge >= 0.3 is 0 Å². The van der Waals surface area contributed by atoms with E-state index in [4.69, 9.17) is 0 Å². The summed E-state index contributed by atoms with van der Waals surface area (Å²) in [6.45, 7) is 4.12. The number of nitrogens with zero attached hydrogens (tertiary/aromatic N) is 3. The smallest absolute Gasteiger partial charge is 0.295 e. The van der Waals surface area contributed by atoms with Gasteiger partial charge < -0.3 is 5.32 Å². The summed E-state index contributed by atoms with van der Waals surface area (Å²) >= 11 is 6.90. The van der Waals surface area contributed by atoms with Crippen LogP contribution in [0.3, 0.4) is 0 Å². The third-order valence-electron chi connectivity index (χ3n) is 4.87. The molecule has 0 bridgehead atoms. The third kappa shape index (κ3) is 4.81. The number of carbonyl (C=O) groups is 1. The minimum Gasteiger partial charge on any atom is -0.319 e. The first kappa shape index (κ1) is 22.4. The SMILES string of the molecule is CC(C)c1cc(Br)ccc1NC(=O)c1nc(-c2ccc(F)cc2)n(-c2ccc(Br)cc2)n1. The molecule has 0 fully saturated rings. The molecule has 0 saturated carbocycles. The Morgan fingerprint density at radius 2 is 1.62 bits per heavy atom. The van der Waals surface area contributed by atoms with Gasteiger partial charge in [-0.3, -0.25) is 4.79 Å². The fraction of sp³-hybridized carbons (Fsp3) is 0.125. The Hall–Kier alpha value is -2.84. The fourth-order valence-corrected chi connectivity index (χ4v) is 3.90. The highest BCUT2D eigenvalue weighted by Crippen LogP contribution is 2.28. The summed E-state index contributed by atoms with van der Waals surface area (Å²) in [4.78, 5) is 17.6. The van der Waals surface area contributed by atoms with E-state index in [2.05, 4.69) is 61.1 Å². The zero-order valence-electron chi connectivity index (χ0n) is 17.3. The normalized spacial score (nSPS) is 11.1. The first-order chi connectivity index (χ1) is 15.3. The van der Waals surface area contributed by atoms with E-state index in [1.807, 2.05) is 42.5 Å². The van der Waals surface area contributed by atoms with Gasteiger partial charge in [0.1, 0.15) is 5.82 Å². The predicted molar refractivity (Wildman–Crippen MR) is 131 cm³/mol. The van der Waals surface area contributed by atoms with E-state index >= 15 is 0 Å². The van der Waals surface area contributed by atoms with E-state index in [0.717, 1.165) is 20.2 Å². The molecule has 0 aliphatic heterocycles. The molecule has 0 spiro atoms. The highest BCUT2D eigenvalue weighted by molar-refractivity contribution is 9.10. The van der Waals surface area contributed by atoms with Crippen molar-refractivity contribution in [2.75, 3.05) is 5.32 Å². The van der Waals surface area contributed by atoms with Crippen LogP contribution >= 0.6 is 31.9 Å².